The molecule has 0 saturated carbocycles. The van der Waals surface area contributed by atoms with Crippen LogP contribution in [-0.4, -0.2) is 9.91 Å². The highest BCUT2D eigenvalue weighted by Crippen LogP contribution is 2.22. The van der Waals surface area contributed by atoms with Crippen molar-refractivity contribution in [2.75, 3.05) is 0 Å². The van der Waals surface area contributed by atoms with Gasteiger partial charge in [0, 0.05) is 11.6 Å². The molecule has 0 aliphatic rings. The highest BCUT2D eigenvalue weighted by atomic mass is 16.6. The molecule has 0 bridgehead atoms. The van der Waals surface area contributed by atoms with E-state index in [1.165, 1.54) is 6.07 Å². The van der Waals surface area contributed by atoms with Crippen molar-refractivity contribution >= 4 is 5.69 Å². The van der Waals surface area contributed by atoms with Gasteiger partial charge < -0.3 is 0 Å². The second kappa shape index (κ2) is 4.63. The highest BCUT2D eigenvalue weighted by molar-refractivity contribution is 5.62. The van der Waals surface area contributed by atoms with Crippen LogP contribution in [0, 0.1) is 28.4 Å². The van der Waals surface area contributed by atoms with Crippen LogP contribution in [0.5, 0.6) is 0 Å². The van der Waals surface area contributed by atoms with E-state index in [2.05, 4.69) is 4.98 Å². The minimum Gasteiger partial charge on any atom is -0.258 e. The Hall–Kier alpha value is -2.74. The van der Waals surface area contributed by atoms with Gasteiger partial charge in [-0.2, -0.15) is 5.26 Å². The van der Waals surface area contributed by atoms with Gasteiger partial charge in [-0.3, -0.25) is 10.1 Å². The zero-order chi connectivity index (χ0) is 13.1. The molecule has 1 heterocycles. The Morgan fingerprint density at radius 2 is 1.89 bits per heavy atom. The van der Waals surface area contributed by atoms with E-state index in [1.54, 1.807) is 12.1 Å². The van der Waals surface area contributed by atoms with Gasteiger partial charge in [-0.25, -0.2) is 4.98 Å². The SMILES string of the molecule is Cc1ccc(-c2ccc([N+](=O)[O-])c(C#N)n2)cc1. The second-order valence-corrected chi connectivity index (χ2v) is 3.80. The van der Waals surface area contributed by atoms with Crippen molar-refractivity contribution in [3.8, 4) is 17.3 Å². The van der Waals surface area contributed by atoms with Crippen LogP contribution < -0.4 is 0 Å². The van der Waals surface area contributed by atoms with E-state index in [4.69, 9.17) is 5.26 Å². The molecule has 1 aromatic heterocycles. The van der Waals surface area contributed by atoms with Crippen LogP contribution in [0.1, 0.15) is 11.3 Å². The fourth-order valence-corrected chi connectivity index (χ4v) is 1.57. The zero-order valence-corrected chi connectivity index (χ0v) is 9.62. The molecule has 0 saturated heterocycles. The van der Waals surface area contributed by atoms with Gasteiger partial charge in [0.1, 0.15) is 6.07 Å². The number of benzene rings is 1. The number of aromatic nitrogens is 1. The lowest BCUT2D eigenvalue weighted by Crippen LogP contribution is -1.96. The number of nitrogens with zero attached hydrogens (tertiary/aromatic N) is 3. The molecule has 0 N–H and O–H groups in total. The van der Waals surface area contributed by atoms with Crippen molar-refractivity contribution in [2.24, 2.45) is 0 Å². The number of nitriles is 1. The van der Waals surface area contributed by atoms with Crippen LogP contribution in [-0.2, 0) is 0 Å². The molecular formula is C13H9N3O2. The number of hydrogen-bond acceptors (Lipinski definition) is 4. The van der Waals surface area contributed by atoms with Crippen molar-refractivity contribution in [1.82, 2.24) is 4.98 Å². The smallest absolute Gasteiger partial charge is 0.258 e. The normalized spacial score (nSPS) is 9.78. The monoisotopic (exact) mass is 239 g/mol. The van der Waals surface area contributed by atoms with Crippen molar-refractivity contribution in [3.63, 3.8) is 0 Å². The quantitative estimate of drug-likeness (QED) is 0.596. The van der Waals surface area contributed by atoms with Crippen LogP contribution >= 0.6 is 0 Å². The molecule has 0 aliphatic carbocycles. The van der Waals surface area contributed by atoms with Gasteiger partial charge >= 0.3 is 5.69 Å². The molecule has 0 unspecified atom stereocenters. The fraction of sp³-hybridized carbons (Fsp3) is 0.0769. The maximum absolute atomic E-state index is 10.7. The molecule has 2 rings (SSSR count). The number of hydrogen-bond donors (Lipinski definition) is 0. The van der Waals surface area contributed by atoms with Gasteiger partial charge in [-0.15, -0.1) is 0 Å². The predicted molar refractivity (Wildman–Crippen MR) is 65.8 cm³/mol. The number of pyridine rings is 1. The lowest BCUT2D eigenvalue weighted by molar-refractivity contribution is -0.385. The fourth-order valence-electron chi connectivity index (χ4n) is 1.57. The molecule has 0 aliphatic heterocycles. The number of aryl methyl sites for hydroxylation is 1. The zero-order valence-electron chi connectivity index (χ0n) is 9.62. The summed E-state index contributed by atoms with van der Waals surface area (Å²) in [6, 6.07) is 12.2. The molecule has 0 atom stereocenters. The van der Waals surface area contributed by atoms with Crippen LogP contribution in [0.3, 0.4) is 0 Å². The summed E-state index contributed by atoms with van der Waals surface area (Å²) in [6.07, 6.45) is 0. The van der Waals surface area contributed by atoms with Gasteiger partial charge in [0.05, 0.1) is 10.6 Å². The molecule has 0 radical (unpaired) electrons. The predicted octanol–water partition coefficient (Wildman–Crippen LogP) is 2.84. The van der Waals surface area contributed by atoms with Gasteiger partial charge in [-0.05, 0) is 13.0 Å². The first-order chi connectivity index (χ1) is 8.61. The van der Waals surface area contributed by atoms with Crippen molar-refractivity contribution in [2.45, 2.75) is 6.92 Å². The first-order valence-corrected chi connectivity index (χ1v) is 5.24. The van der Waals surface area contributed by atoms with Crippen LogP contribution in [0.25, 0.3) is 11.3 Å². The summed E-state index contributed by atoms with van der Waals surface area (Å²) in [5, 5.41) is 19.6. The molecule has 88 valence electrons. The molecular weight excluding hydrogens is 230 g/mol. The van der Waals surface area contributed by atoms with Crippen molar-refractivity contribution in [1.29, 1.82) is 5.26 Å². The lowest BCUT2D eigenvalue weighted by Gasteiger charge is -2.02. The first kappa shape index (κ1) is 11.7. The van der Waals surface area contributed by atoms with Gasteiger partial charge in [0.15, 0.2) is 0 Å². The summed E-state index contributed by atoms with van der Waals surface area (Å²) >= 11 is 0. The van der Waals surface area contributed by atoms with Gasteiger partial charge in [-0.1, -0.05) is 29.8 Å². The Bertz CT molecular complexity index is 642. The molecule has 2 aromatic rings. The standard InChI is InChI=1S/C13H9N3O2/c1-9-2-4-10(5-3-9)11-6-7-13(16(17)18)12(8-14)15-11/h2-7H,1H3. The Morgan fingerprint density at radius 1 is 1.22 bits per heavy atom. The second-order valence-electron chi connectivity index (χ2n) is 3.80. The maximum atomic E-state index is 10.7. The number of nitro groups is 1. The maximum Gasteiger partial charge on any atom is 0.305 e. The average molecular weight is 239 g/mol. The third-order valence-electron chi connectivity index (χ3n) is 2.52. The van der Waals surface area contributed by atoms with E-state index >= 15 is 0 Å². The molecule has 0 amide bonds. The molecule has 1 aromatic carbocycles. The number of rotatable bonds is 2. The Labute approximate surface area is 103 Å². The summed E-state index contributed by atoms with van der Waals surface area (Å²) in [5.74, 6) is 0. The summed E-state index contributed by atoms with van der Waals surface area (Å²) < 4.78 is 0. The van der Waals surface area contributed by atoms with Crippen LogP contribution in [0.2, 0.25) is 0 Å². The van der Waals surface area contributed by atoms with E-state index in [0.29, 0.717) is 5.69 Å². The Morgan fingerprint density at radius 3 is 2.44 bits per heavy atom. The van der Waals surface area contributed by atoms with E-state index in [9.17, 15) is 10.1 Å². The van der Waals surface area contributed by atoms with E-state index in [1.807, 2.05) is 31.2 Å². The summed E-state index contributed by atoms with van der Waals surface area (Å²) in [4.78, 5) is 14.1. The summed E-state index contributed by atoms with van der Waals surface area (Å²) in [6.45, 7) is 1.97. The Kier molecular flexibility index (Phi) is 3.02. The summed E-state index contributed by atoms with van der Waals surface area (Å²) in [5.41, 5.74) is 2.05. The molecule has 0 spiro atoms. The topological polar surface area (TPSA) is 79.8 Å². The van der Waals surface area contributed by atoms with Crippen molar-refractivity contribution < 1.29 is 4.92 Å². The molecule has 5 heteroatoms. The highest BCUT2D eigenvalue weighted by Gasteiger charge is 2.15. The third kappa shape index (κ3) is 2.18. The molecule has 5 nitrogen and oxygen atoms in total. The minimum atomic E-state index is -0.607. The first-order valence-electron chi connectivity index (χ1n) is 5.24. The van der Waals surface area contributed by atoms with Crippen LogP contribution in [0.15, 0.2) is 36.4 Å². The van der Waals surface area contributed by atoms with Gasteiger partial charge in [0.25, 0.3) is 0 Å². The largest absolute Gasteiger partial charge is 0.305 e. The van der Waals surface area contributed by atoms with E-state index in [0.717, 1.165) is 11.1 Å². The minimum absolute atomic E-state index is 0.168. The summed E-state index contributed by atoms with van der Waals surface area (Å²) in [7, 11) is 0. The van der Waals surface area contributed by atoms with Crippen LogP contribution in [0.4, 0.5) is 5.69 Å². The molecule has 18 heavy (non-hydrogen) atoms. The average Bonchev–Trinajstić information content (AvgIpc) is 2.38. The lowest BCUT2D eigenvalue weighted by atomic mass is 10.1. The van der Waals surface area contributed by atoms with Crippen molar-refractivity contribution in [3.05, 3.63) is 57.8 Å². The van der Waals surface area contributed by atoms with E-state index < -0.39 is 4.92 Å². The van der Waals surface area contributed by atoms with E-state index in [-0.39, 0.29) is 11.4 Å². The third-order valence-corrected chi connectivity index (χ3v) is 2.52. The molecule has 0 fully saturated rings. The Balaban J connectivity index is 2.51. The van der Waals surface area contributed by atoms with Gasteiger partial charge in [0.2, 0.25) is 5.69 Å².